The lowest BCUT2D eigenvalue weighted by Gasteiger charge is -2.21. The van der Waals surface area contributed by atoms with Gasteiger partial charge in [0.1, 0.15) is 6.61 Å². The number of rotatable bonds is 7. The summed E-state index contributed by atoms with van der Waals surface area (Å²) < 4.78 is 30.7. The number of hydrogen-bond donors (Lipinski definition) is 1. The van der Waals surface area contributed by atoms with Crippen molar-refractivity contribution in [1.82, 2.24) is 5.32 Å². The minimum atomic E-state index is -2.45. The lowest BCUT2D eigenvalue weighted by Crippen LogP contribution is -2.30. The highest BCUT2D eigenvalue weighted by Crippen LogP contribution is 2.26. The second-order valence-corrected chi connectivity index (χ2v) is 5.15. The molecule has 102 valence electrons. The number of benzene rings is 1. The molecule has 0 amide bonds. The van der Waals surface area contributed by atoms with Gasteiger partial charge in [-0.05, 0) is 11.6 Å². The van der Waals surface area contributed by atoms with Crippen LogP contribution in [0.25, 0.3) is 0 Å². The van der Waals surface area contributed by atoms with E-state index in [0.717, 1.165) is 10.0 Å². The first kappa shape index (κ1) is 15.5. The molecule has 1 N–H and O–H groups in total. The van der Waals surface area contributed by atoms with Crippen LogP contribution in [-0.4, -0.2) is 25.6 Å². The number of nitrogens with one attached hydrogen (secondary N) is 1. The van der Waals surface area contributed by atoms with Gasteiger partial charge in [-0.25, -0.2) is 8.78 Å². The fourth-order valence-corrected chi connectivity index (χ4v) is 2.07. The second kappa shape index (κ2) is 7.81. The van der Waals surface area contributed by atoms with Crippen molar-refractivity contribution >= 4 is 15.9 Å². The Morgan fingerprint density at radius 3 is 2.50 bits per heavy atom. The second-order valence-electron chi connectivity index (χ2n) is 4.30. The smallest absolute Gasteiger partial charge is 0.261 e. The third-order valence-corrected chi connectivity index (χ3v) is 3.11. The maximum Gasteiger partial charge on any atom is 0.261 e. The van der Waals surface area contributed by atoms with Crippen LogP contribution >= 0.6 is 15.9 Å². The fraction of sp³-hybridized carbons (Fsp3) is 0.538. The van der Waals surface area contributed by atoms with Gasteiger partial charge in [0.05, 0.1) is 6.10 Å². The molecular weight excluding hydrogens is 304 g/mol. The van der Waals surface area contributed by atoms with E-state index in [2.05, 4.69) is 21.2 Å². The Morgan fingerprint density at radius 1 is 1.28 bits per heavy atom. The average molecular weight is 322 g/mol. The molecule has 0 bridgehead atoms. The summed E-state index contributed by atoms with van der Waals surface area (Å²) in [5, 5.41) is 3.20. The third-order valence-electron chi connectivity index (χ3n) is 2.39. The first-order chi connectivity index (χ1) is 8.50. The molecule has 0 saturated carbocycles. The maximum atomic E-state index is 12.3. The molecule has 5 heteroatoms. The first-order valence-electron chi connectivity index (χ1n) is 5.88. The van der Waals surface area contributed by atoms with Crippen LogP contribution < -0.4 is 5.32 Å². The predicted octanol–water partition coefficient (Wildman–Crippen LogP) is 3.77. The molecule has 0 spiro atoms. The van der Waals surface area contributed by atoms with Crippen LogP contribution in [0.1, 0.15) is 25.5 Å². The maximum absolute atomic E-state index is 12.3. The molecule has 1 unspecified atom stereocenters. The van der Waals surface area contributed by atoms with Crippen molar-refractivity contribution in [2.75, 3.05) is 13.2 Å². The minimum Gasteiger partial charge on any atom is -0.366 e. The van der Waals surface area contributed by atoms with E-state index in [1.165, 1.54) is 0 Å². The van der Waals surface area contributed by atoms with Gasteiger partial charge in [-0.1, -0.05) is 48.0 Å². The highest BCUT2D eigenvalue weighted by atomic mass is 79.9. The van der Waals surface area contributed by atoms with E-state index in [9.17, 15) is 8.78 Å². The van der Waals surface area contributed by atoms with Crippen molar-refractivity contribution in [3.8, 4) is 0 Å². The van der Waals surface area contributed by atoms with Gasteiger partial charge in [-0.3, -0.25) is 0 Å². The topological polar surface area (TPSA) is 21.3 Å². The zero-order valence-corrected chi connectivity index (χ0v) is 12.1. The summed E-state index contributed by atoms with van der Waals surface area (Å²) in [7, 11) is 0. The predicted molar refractivity (Wildman–Crippen MR) is 72.0 cm³/mol. The van der Waals surface area contributed by atoms with Gasteiger partial charge < -0.3 is 10.1 Å². The monoisotopic (exact) mass is 321 g/mol. The van der Waals surface area contributed by atoms with Gasteiger partial charge in [-0.15, -0.1) is 0 Å². The lowest BCUT2D eigenvalue weighted by atomic mass is 10.1. The molecule has 0 aliphatic heterocycles. The van der Waals surface area contributed by atoms with E-state index >= 15 is 0 Å². The SMILES string of the molecule is CC(C)NCC(OCC(F)F)c1ccccc1Br. The fourth-order valence-electron chi connectivity index (χ4n) is 1.53. The van der Waals surface area contributed by atoms with Crippen LogP contribution in [0.15, 0.2) is 28.7 Å². The van der Waals surface area contributed by atoms with Crippen molar-refractivity contribution in [3.05, 3.63) is 34.3 Å². The molecule has 1 rings (SSSR count). The normalized spacial score (nSPS) is 13.3. The van der Waals surface area contributed by atoms with Gasteiger partial charge in [0.25, 0.3) is 6.43 Å². The number of ether oxygens (including phenoxy) is 1. The van der Waals surface area contributed by atoms with Gasteiger partial charge in [0.15, 0.2) is 0 Å². The minimum absolute atomic E-state index is 0.283. The van der Waals surface area contributed by atoms with E-state index in [1.54, 1.807) is 0 Å². The summed E-state index contributed by atoms with van der Waals surface area (Å²) in [5.41, 5.74) is 0.881. The molecule has 2 nitrogen and oxygen atoms in total. The molecule has 0 heterocycles. The highest BCUT2D eigenvalue weighted by Gasteiger charge is 2.17. The van der Waals surface area contributed by atoms with Gasteiger partial charge in [-0.2, -0.15) is 0 Å². The average Bonchev–Trinajstić information content (AvgIpc) is 2.30. The standard InChI is InChI=1S/C13H18BrF2NO/c1-9(2)17-7-12(18-8-13(15)16)10-5-3-4-6-11(10)14/h3-6,9,12-13,17H,7-8H2,1-2H3. The van der Waals surface area contributed by atoms with E-state index in [0.29, 0.717) is 6.54 Å². The van der Waals surface area contributed by atoms with Crippen LogP contribution in [0.2, 0.25) is 0 Å². The first-order valence-corrected chi connectivity index (χ1v) is 6.67. The summed E-state index contributed by atoms with van der Waals surface area (Å²) in [6.07, 6.45) is -2.83. The third kappa shape index (κ3) is 5.42. The van der Waals surface area contributed by atoms with E-state index in [1.807, 2.05) is 38.1 Å². The Balaban J connectivity index is 2.73. The van der Waals surface area contributed by atoms with Crippen LogP contribution in [-0.2, 0) is 4.74 Å². The van der Waals surface area contributed by atoms with Gasteiger partial charge >= 0.3 is 0 Å². The van der Waals surface area contributed by atoms with E-state index in [-0.39, 0.29) is 12.1 Å². The van der Waals surface area contributed by atoms with Crippen molar-refractivity contribution < 1.29 is 13.5 Å². The molecule has 1 atom stereocenters. The Kier molecular flexibility index (Phi) is 6.75. The Bertz CT molecular complexity index is 349. The van der Waals surface area contributed by atoms with Crippen molar-refractivity contribution in [3.63, 3.8) is 0 Å². The Morgan fingerprint density at radius 2 is 1.94 bits per heavy atom. The molecule has 0 aliphatic carbocycles. The molecule has 1 aromatic rings. The van der Waals surface area contributed by atoms with E-state index < -0.39 is 13.0 Å². The molecule has 0 aliphatic rings. The summed E-state index contributed by atoms with van der Waals surface area (Å²) in [6.45, 7) is 3.97. The summed E-state index contributed by atoms with van der Waals surface area (Å²) >= 11 is 3.42. The lowest BCUT2D eigenvalue weighted by molar-refractivity contribution is -0.0254. The summed E-state index contributed by atoms with van der Waals surface area (Å²) in [4.78, 5) is 0. The Hall–Kier alpha value is -0.520. The van der Waals surface area contributed by atoms with Crippen LogP contribution in [0.3, 0.4) is 0 Å². The molecule has 1 aromatic carbocycles. The van der Waals surface area contributed by atoms with Gasteiger partial charge in [0, 0.05) is 17.1 Å². The van der Waals surface area contributed by atoms with Crippen molar-refractivity contribution in [1.29, 1.82) is 0 Å². The van der Waals surface area contributed by atoms with Crippen molar-refractivity contribution in [2.24, 2.45) is 0 Å². The molecule has 0 fully saturated rings. The van der Waals surface area contributed by atoms with Crippen molar-refractivity contribution in [2.45, 2.75) is 32.4 Å². The quantitative estimate of drug-likeness (QED) is 0.825. The summed E-state index contributed by atoms with van der Waals surface area (Å²) in [5.74, 6) is 0. The zero-order chi connectivity index (χ0) is 13.5. The molecule has 18 heavy (non-hydrogen) atoms. The Labute approximate surface area is 115 Å². The van der Waals surface area contributed by atoms with Crippen LogP contribution in [0, 0.1) is 0 Å². The molecule has 0 aromatic heterocycles. The zero-order valence-electron chi connectivity index (χ0n) is 10.5. The molecular formula is C13H18BrF2NO. The summed E-state index contributed by atoms with van der Waals surface area (Å²) in [6, 6.07) is 7.79. The van der Waals surface area contributed by atoms with Crippen LogP contribution in [0.4, 0.5) is 8.78 Å². The number of hydrogen-bond acceptors (Lipinski definition) is 2. The number of halogens is 3. The molecule has 0 saturated heterocycles. The van der Waals surface area contributed by atoms with Gasteiger partial charge in [0.2, 0.25) is 0 Å². The van der Waals surface area contributed by atoms with E-state index in [4.69, 9.17) is 4.74 Å². The van der Waals surface area contributed by atoms with Crippen LogP contribution in [0.5, 0.6) is 0 Å². The highest BCUT2D eigenvalue weighted by molar-refractivity contribution is 9.10. The number of alkyl halides is 2. The largest absolute Gasteiger partial charge is 0.366 e. The molecule has 0 radical (unpaired) electrons.